The van der Waals surface area contributed by atoms with Crippen molar-refractivity contribution in [3.63, 3.8) is 0 Å². The monoisotopic (exact) mass is 368 g/mol. The molecule has 0 bridgehead atoms. The molecule has 1 aliphatic rings. The predicted octanol–water partition coefficient (Wildman–Crippen LogP) is 3.81. The lowest BCUT2D eigenvalue weighted by Gasteiger charge is -2.15. The number of nitrogens with zero attached hydrogens (tertiary/aromatic N) is 1. The summed E-state index contributed by atoms with van der Waals surface area (Å²) in [6.07, 6.45) is 0.962. The van der Waals surface area contributed by atoms with Crippen molar-refractivity contribution in [1.29, 1.82) is 0 Å². The van der Waals surface area contributed by atoms with Crippen LogP contribution in [-0.4, -0.2) is 18.8 Å². The van der Waals surface area contributed by atoms with E-state index in [2.05, 4.69) is 41.2 Å². The first kappa shape index (κ1) is 14.8. The fourth-order valence-corrected chi connectivity index (χ4v) is 4.21. The summed E-state index contributed by atoms with van der Waals surface area (Å²) in [5.41, 5.74) is 2.29. The van der Waals surface area contributed by atoms with Crippen LogP contribution in [0.3, 0.4) is 0 Å². The van der Waals surface area contributed by atoms with Crippen LogP contribution in [0, 0.1) is 6.92 Å². The van der Waals surface area contributed by atoms with Gasteiger partial charge in [0.1, 0.15) is 5.01 Å². The zero-order chi connectivity index (χ0) is 15.0. The van der Waals surface area contributed by atoms with Gasteiger partial charge in [-0.15, -0.1) is 11.3 Å². The van der Waals surface area contributed by atoms with E-state index in [0.29, 0.717) is 0 Å². The van der Waals surface area contributed by atoms with E-state index in [1.54, 1.807) is 11.3 Å². The highest BCUT2D eigenvalue weighted by Crippen LogP contribution is 2.42. The van der Waals surface area contributed by atoms with E-state index < -0.39 is 0 Å². The molecule has 0 fully saturated rings. The zero-order valence-electron chi connectivity index (χ0n) is 12.2. The molecule has 4 nitrogen and oxygen atoms in total. The fourth-order valence-electron chi connectivity index (χ4n) is 2.49. The van der Waals surface area contributed by atoms with Gasteiger partial charge in [0.05, 0.1) is 16.2 Å². The topological polar surface area (TPSA) is 43.4 Å². The van der Waals surface area contributed by atoms with E-state index in [4.69, 9.17) is 14.5 Å². The molecule has 3 rings (SSSR count). The van der Waals surface area contributed by atoms with E-state index in [0.717, 1.165) is 33.0 Å². The van der Waals surface area contributed by atoms with Crippen molar-refractivity contribution in [1.82, 2.24) is 10.3 Å². The summed E-state index contributed by atoms with van der Waals surface area (Å²) >= 11 is 5.30. The molecule has 0 saturated carbocycles. The van der Waals surface area contributed by atoms with E-state index in [-0.39, 0.29) is 12.8 Å². The molecule has 1 aromatic carbocycles. The van der Waals surface area contributed by atoms with E-state index in [1.165, 1.54) is 10.6 Å². The number of halogens is 1. The molecule has 0 radical (unpaired) electrons. The van der Waals surface area contributed by atoms with Crippen molar-refractivity contribution in [2.45, 2.75) is 26.3 Å². The third kappa shape index (κ3) is 2.67. The van der Waals surface area contributed by atoms with Gasteiger partial charge in [0.25, 0.3) is 0 Å². The number of rotatable bonds is 4. The number of aromatic nitrogens is 1. The summed E-state index contributed by atoms with van der Waals surface area (Å²) in [7, 11) is 1.95. The van der Waals surface area contributed by atoms with Gasteiger partial charge in [-0.25, -0.2) is 4.98 Å². The van der Waals surface area contributed by atoms with Crippen LogP contribution in [0.5, 0.6) is 11.5 Å². The van der Waals surface area contributed by atoms with Gasteiger partial charge < -0.3 is 14.8 Å². The van der Waals surface area contributed by atoms with Gasteiger partial charge in [-0.1, -0.05) is 6.92 Å². The number of aryl methyl sites for hydroxylation is 2. The third-order valence-electron chi connectivity index (χ3n) is 3.56. The Kier molecular flexibility index (Phi) is 4.19. The lowest BCUT2D eigenvalue weighted by Crippen LogP contribution is -2.17. The Morgan fingerprint density at radius 1 is 1.43 bits per heavy atom. The van der Waals surface area contributed by atoms with Crippen molar-refractivity contribution < 1.29 is 9.47 Å². The Morgan fingerprint density at radius 3 is 2.90 bits per heavy atom. The van der Waals surface area contributed by atoms with Crippen molar-refractivity contribution in [3.8, 4) is 11.5 Å². The van der Waals surface area contributed by atoms with E-state index >= 15 is 0 Å². The maximum Gasteiger partial charge on any atom is 0.231 e. The molecular formula is C15H17BrN2O2S. The molecule has 1 aromatic heterocycles. The molecule has 6 heteroatoms. The number of fused-ring (bicyclic) bond motifs is 1. The van der Waals surface area contributed by atoms with Crippen molar-refractivity contribution in [2.75, 3.05) is 13.8 Å². The van der Waals surface area contributed by atoms with Gasteiger partial charge in [-0.3, -0.25) is 0 Å². The molecule has 1 unspecified atom stereocenters. The molecule has 1 atom stereocenters. The number of benzene rings is 1. The first-order valence-electron chi connectivity index (χ1n) is 6.86. The number of thiazole rings is 1. The van der Waals surface area contributed by atoms with Crippen LogP contribution >= 0.6 is 27.3 Å². The average molecular weight is 369 g/mol. The third-order valence-corrected chi connectivity index (χ3v) is 5.23. The summed E-state index contributed by atoms with van der Waals surface area (Å²) in [5, 5.41) is 4.43. The van der Waals surface area contributed by atoms with Crippen LogP contribution in [0.4, 0.5) is 0 Å². The second-order valence-electron chi connectivity index (χ2n) is 4.87. The molecule has 2 aromatic rings. The molecular weight excluding hydrogens is 352 g/mol. The van der Waals surface area contributed by atoms with E-state index in [9.17, 15) is 0 Å². The van der Waals surface area contributed by atoms with Gasteiger partial charge in [-0.05, 0) is 54.0 Å². The quantitative estimate of drug-likeness (QED) is 0.890. The minimum absolute atomic E-state index is 0.0554. The Labute approximate surface area is 136 Å². The maximum atomic E-state index is 5.50. The van der Waals surface area contributed by atoms with Crippen LogP contribution in [0.1, 0.15) is 34.1 Å². The van der Waals surface area contributed by atoms with Crippen LogP contribution in [-0.2, 0) is 6.42 Å². The second-order valence-corrected chi connectivity index (χ2v) is 6.96. The largest absolute Gasteiger partial charge is 0.454 e. The minimum atomic E-state index is 0.0554. The highest BCUT2D eigenvalue weighted by atomic mass is 79.9. The lowest BCUT2D eigenvalue weighted by atomic mass is 10.1. The molecule has 0 saturated heterocycles. The summed E-state index contributed by atoms with van der Waals surface area (Å²) in [4.78, 5) is 6.05. The standard InChI is InChI=1S/C15H17BrN2O2S/c1-4-11-8(2)21-15(18-11)13(17-3)9-5-10(16)14-12(6-9)19-7-20-14/h5-6,13,17H,4,7H2,1-3H3. The van der Waals surface area contributed by atoms with Crippen molar-refractivity contribution in [2.24, 2.45) is 0 Å². The SMILES string of the molecule is CCc1nc(C(NC)c2cc(Br)c3c(c2)OCO3)sc1C. The Morgan fingerprint density at radius 2 is 2.24 bits per heavy atom. The molecule has 1 aliphatic heterocycles. The normalized spacial score (nSPS) is 14.5. The molecule has 0 spiro atoms. The summed E-state index contributed by atoms with van der Waals surface area (Å²) < 4.78 is 11.9. The van der Waals surface area contributed by atoms with Gasteiger partial charge >= 0.3 is 0 Å². The summed E-state index contributed by atoms with van der Waals surface area (Å²) in [6.45, 7) is 4.54. The van der Waals surface area contributed by atoms with Gasteiger partial charge in [0, 0.05) is 4.88 Å². The van der Waals surface area contributed by atoms with Gasteiger partial charge in [0.15, 0.2) is 11.5 Å². The second kappa shape index (κ2) is 5.94. The smallest absolute Gasteiger partial charge is 0.231 e. The zero-order valence-corrected chi connectivity index (χ0v) is 14.6. The Bertz CT molecular complexity index is 672. The van der Waals surface area contributed by atoms with Crippen molar-refractivity contribution in [3.05, 3.63) is 37.7 Å². The molecule has 2 heterocycles. The fraction of sp³-hybridized carbons (Fsp3) is 0.400. The van der Waals surface area contributed by atoms with Crippen molar-refractivity contribution >= 4 is 27.3 Å². The molecule has 21 heavy (non-hydrogen) atoms. The van der Waals surface area contributed by atoms with Crippen LogP contribution in [0.15, 0.2) is 16.6 Å². The highest BCUT2D eigenvalue weighted by Gasteiger charge is 2.23. The van der Waals surface area contributed by atoms with Crippen LogP contribution in [0.2, 0.25) is 0 Å². The first-order chi connectivity index (χ1) is 10.1. The lowest BCUT2D eigenvalue weighted by molar-refractivity contribution is 0.173. The molecule has 112 valence electrons. The van der Waals surface area contributed by atoms with Gasteiger partial charge in [-0.2, -0.15) is 0 Å². The maximum absolute atomic E-state index is 5.50. The van der Waals surface area contributed by atoms with Crippen LogP contribution < -0.4 is 14.8 Å². The predicted molar refractivity (Wildman–Crippen MR) is 87.4 cm³/mol. The molecule has 0 aliphatic carbocycles. The number of ether oxygens (including phenoxy) is 2. The minimum Gasteiger partial charge on any atom is -0.454 e. The number of nitrogens with one attached hydrogen (secondary N) is 1. The summed E-state index contributed by atoms with van der Waals surface area (Å²) in [5.74, 6) is 1.56. The Balaban J connectivity index is 2.01. The average Bonchev–Trinajstić information content (AvgIpc) is 3.06. The van der Waals surface area contributed by atoms with Gasteiger partial charge in [0.2, 0.25) is 6.79 Å². The molecule has 0 amide bonds. The highest BCUT2D eigenvalue weighted by molar-refractivity contribution is 9.10. The van der Waals surface area contributed by atoms with Crippen LogP contribution in [0.25, 0.3) is 0 Å². The summed E-state index contributed by atoms with van der Waals surface area (Å²) in [6, 6.07) is 4.15. The number of hydrogen-bond donors (Lipinski definition) is 1. The number of hydrogen-bond acceptors (Lipinski definition) is 5. The first-order valence-corrected chi connectivity index (χ1v) is 8.47. The molecule has 1 N–H and O–H groups in total. The van der Waals surface area contributed by atoms with E-state index in [1.807, 2.05) is 13.1 Å². The Hall–Kier alpha value is -1.11.